The van der Waals surface area contributed by atoms with Crippen LogP contribution in [0, 0.1) is 10.1 Å². The van der Waals surface area contributed by atoms with E-state index >= 15 is 0 Å². The molecule has 0 radical (unpaired) electrons. The Balaban J connectivity index is 1.75. The number of rotatable bonds is 8. The van der Waals surface area contributed by atoms with Crippen molar-refractivity contribution < 1.29 is 14.8 Å². The van der Waals surface area contributed by atoms with Crippen molar-refractivity contribution in [3.63, 3.8) is 0 Å². The molecule has 0 bridgehead atoms. The second kappa shape index (κ2) is 8.81. The Morgan fingerprint density at radius 2 is 2.00 bits per heavy atom. The highest BCUT2D eigenvalue weighted by Gasteiger charge is 2.22. The average Bonchev–Trinajstić information content (AvgIpc) is 2.57. The van der Waals surface area contributed by atoms with Gasteiger partial charge in [0.15, 0.2) is 5.75 Å². The van der Waals surface area contributed by atoms with Gasteiger partial charge in [0, 0.05) is 44.8 Å². The first-order valence-corrected chi connectivity index (χ1v) is 8.09. The van der Waals surface area contributed by atoms with Crippen molar-refractivity contribution in [1.29, 1.82) is 0 Å². The molecule has 1 fully saturated rings. The number of nitrogens with zero attached hydrogens (tertiary/aromatic N) is 3. The summed E-state index contributed by atoms with van der Waals surface area (Å²) in [6, 6.07) is 6.70. The van der Waals surface area contributed by atoms with Gasteiger partial charge in [0.05, 0.1) is 11.5 Å². The molecule has 1 unspecified atom stereocenters. The predicted molar refractivity (Wildman–Crippen MR) is 87.8 cm³/mol. The Labute approximate surface area is 136 Å². The van der Waals surface area contributed by atoms with Crippen molar-refractivity contribution in [3.8, 4) is 5.75 Å². The zero-order valence-corrected chi connectivity index (χ0v) is 13.6. The molecule has 1 saturated heterocycles. The summed E-state index contributed by atoms with van der Waals surface area (Å²) in [4.78, 5) is 15.1. The molecule has 1 aromatic carbocycles. The van der Waals surface area contributed by atoms with E-state index in [1.807, 2.05) is 0 Å². The summed E-state index contributed by atoms with van der Waals surface area (Å²) in [6.45, 7) is 7.20. The predicted octanol–water partition coefficient (Wildman–Crippen LogP) is 1.36. The second-order valence-electron chi connectivity index (χ2n) is 5.70. The molecule has 128 valence electrons. The lowest BCUT2D eigenvalue weighted by molar-refractivity contribution is -0.385. The van der Waals surface area contributed by atoms with Crippen LogP contribution in [0.25, 0.3) is 0 Å². The standard InChI is InChI=1S/C16H25N3O4/c1-2-14(13-20)18-9-7-17(8-10-18)11-12-23-16-6-4-3-5-15(16)19(21)22/h3-6,14,20H,2,7-13H2,1H3. The third-order valence-corrected chi connectivity index (χ3v) is 4.33. The van der Waals surface area contributed by atoms with Crippen molar-refractivity contribution in [1.82, 2.24) is 9.80 Å². The summed E-state index contributed by atoms with van der Waals surface area (Å²) < 4.78 is 5.58. The second-order valence-corrected chi connectivity index (χ2v) is 5.70. The third-order valence-electron chi connectivity index (χ3n) is 4.33. The minimum absolute atomic E-state index is 0.00560. The molecule has 1 aromatic rings. The van der Waals surface area contributed by atoms with Gasteiger partial charge in [0.25, 0.3) is 0 Å². The van der Waals surface area contributed by atoms with Crippen LogP contribution >= 0.6 is 0 Å². The maximum absolute atomic E-state index is 10.9. The van der Waals surface area contributed by atoms with E-state index in [2.05, 4.69) is 16.7 Å². The minimum atomic E-state index is -0.423. The summed E-state index contributed by atoms with van der Waals surface area (Å²) in [5, 5.41) is 20.3. The van der Waals surface area contributed by atoms with Gasteiger partial charge in [-0.25, -0.2) is 0 Å². The lowest BCUT2D eigenvalue weighted by Crippen LogP contribution is -2.51. The Kier molecular flexibility index (Phi) is 6.76. The van der Waals surface area contributed by atoms with Crippen LogP contribution in [-0.2, 0) is 0 Å². The van der Waals surface area contributed by atoms with Crippen molar-refractivity contribution in [2.45, 2.75) is 19.4 Å². The molecule has 7 nitrogen and oxygen atoms in total. The largest absolute Gasteiger partial charge is 0.485 e. The summed E-state index contributed by atoms with van der Waals surface area (Å²) >= 11 is 0. The first-order valence-electron chi connectivity index (χ1n) is 8.09. The summed E-state index contributed by atoms with van der Waals surface area (Å²) in [6.07, 6.45) is 0.956. The highest BCUT2D eigenvalue weighted by atomic mass is 16.6. The van der Waals surface area contributed by atoms with Gasteiger partial charge >= 0.3 is 5.69 Å². The number of para-hydroxylation sites is 2. The van der Waals surface area contributed by atoms with Crippen LogP contribution in [0.2, 0.25) is 0 Å². The Morgan fingerprint density at radius 1 is 1.30 bits per heavy atom. The minimum Gasteiger partial charge on any atom is -0.485 e. The van der Waals surface area contributed by atoms with Gasteiger partial charge in [0.2, 0.25) is 0 Å². The van der Waals surface area contributed by atoms with Gasteiger partial charge in [0.1, 0.15) is 6.61 Å². The number of ether oxygens (including phenoxy) is 1. The molecule has 0 aromatic heterocycles. The van der Waals surface area contributed by atoms with Crippen LogP contribution in [0.15, 0.2) is 24.3 Å². The fourth-order valence-corrected chi connectivity index (χ4v) is 2.87. The van der Waals surface area contributed by atoms with Crippen LogP contribution in [-0.4, -0.2) is 71.8 Å². The SMILES string of the molecule is CCC(CO)N1CCN(CCOc2ccccc2[N+](=O)[O-])CC1. The van der Waals surface area contributed by atoms with Crippen LogP contribution in [0.5, 0.6) is 5.75 Å². The first kappa shape index (κ1) is 17.7. The third kappa shape index (κ3) is 4.89. The summed E-state index contributed by atoms with van der Waals surface area (Å²) in [7, 11) is 0. The smallest absolute Gasteiger partial charge is 0.310 e. The molecule has 1 atom stereocenters. The molecule has 0 saturated carbocycles. The summed E-state index contributed by atoms with van der Waals surface area (Å²) in [5.41, 5.74) is 0.00560. The van der Waals surface area contributed by atoms with Gasteiger partial charge in [-0.2, -0.15) is 0 Å². The number of aliphatic hydroxyl groups is 1. The highest BCUT2D eigenvalue weighted by molar-refractivity contribution is 5.45. The molecular weight excluding hydrogens is 298 g/mol. The molecule has 1 aliphatic heterocycles. The molecule has 2 rings (SSSR count). The molecule has 0 amide bonds. The zero-order chi connectivity index (χ0) is 16.7. The maximum atomic E-state index is 10.9. The van der Waals surface area contributed by atoms with E-state index in [4.69, 9.17) is 4.74 Å². The number of piperazine rings is 1. The van der Waals surface area contributed by atoms with Crippen molar-refractivity contribution in [2.24, 2.45) is 0 Å². The van der Waals surface area contributed by atoms with Crippen LogP contribution in [0.1, 0.15) is 13.3 Å². The number of nitro benzene ring substituents is 1. The van der Waals surface area contributed by atoms with E-state index in [0.717, 1.165) is 39.1 Å². The fourth-order valence-electron chi connectivity index (χ4n) is 2.87. The quantitative estimate of drug-likeness (QED) is 0.575. The van der Waals surface area contributed by atoms with Gasteiger partial charge in [-0.1, -0.05) is 19.1 Å². The monoisotopic (exact) mass is 323 g/mol. The Hall–Kier alpha value is -1.70. The van der Waals surface area contributed by atoms with E-state index in [9.17, 15) is 15.2 Å². The first-order chi connectivity index (χ1) is 11.2. The molecule has 0 aliphatic carbocycles. The number of hydrogen-bond acceptors (Lipinski definition) is 6. The van der Waals surface area contributed by atoms with Crippen molar-refractivity contribution >= 4 is 5.69 Å². The normalized spacial score (nSPS) is 17.8. The molecule has 1 aliphatic rings. The lowest BCUT2D eigenvalue weighted by Gasteiger charge is -2.38. The molecule has 1 N–H and O–H groups in total. The maximum Gasteiger partial charge on any atom is 0.310 e. The number of hydrogen-bond donors (Lipinski definition) is 1. The molecule has 0 spiro atoms. The van der Waals surface area contributed by atoms with E-state index < -0.39 is 4.92 Å². The average molecular weight is 323 g/mol. The fraction of sp³-hybridized carbons (Fsp3) is 0.625. The molecule has 23 heavy (non-hydrogen) atoms. The van der Waals surface area contributed by atoms with E-state index in [1.54, 1.807) is 18.2 Å². The molecule has 1 heterocycles. The number of nitro groups is 1. The van der Waals surface area contributed by atoms with Crippen molar-refractivity contribution in [2.75, 3.05) is 45.9 Å². The van der Waals surface area contributed by atoms with E-state index in [0.29, 0.717) is 12.4 Å². The molecule has 7 heteroatoms. The van der Waals surface area contributed by atoms with Crippen LogP contribution < -0.4 is 4.74 Å². The van der Waals surface area contributed by atoms with E-state index in [1.165, 1.54) is 6.07 Å². The highest BCUT2D eigenvalue weighted by Crippen LogP contribution is 2.25. The Morgan fingerprint density at radius 3 is 2.61 bits per heavy atom. The van der Waals surface area contributed by atoms with Gasteiger partial charge in [-0.05, 0) is 12.5 Å². The van der Waals surface area contributed by atoms with Gasteiger partial charge < -0.3 is 9.84 Å². The van der Waals surface area contributed by atoms with E-state index in [-0.39, 0.29) is 18.3 Å². The summed E-state index contributed by atoms with van der Waals surface area (Å²) in [5.74, 6) is 0.322. The van der Waals surface area contributed by atoms with Gasteiger partial charge in [-0.3, -0.25) is 19.9 Å². The van der Waals surface area contributed by atoms with Gasteiger partial charge in [-0.15, -0.1) is 0 Å². The number of benzene rings is 1. The van der Waals surface area contributed by atoms with Crippen LogP contribution in [0.4, 0.5) is 5.69 Å². The van der Waals surface area contributed by atoms with Crippen molar-refractivity contribution in [3.05, 3.63) is 34.4 Å². The van der Waals surface area contributed by atoms with Crippen LogP contribution in [0.3, 0.4) is 0 Å². The zero-order valence-electron chi connectivity index (χ0n) is 13.6. The lowest BCUT2D eigenvalue weighted by atomic mass is 10.1. The topological polar surface area (TPSA) is 79.1 Å². The number of aliphatic hydroxyl groups excluding tert-OH is 1. The Bertz CT molecular complexity index is 500. The molecular formula is C16H25N3O4.